The van der Waals surface area contributed by atoms with Gasteiger partial charge >= 0.3 is 5.97 Å². The fourth-order valence-electron chi connectivity index (χ4n) is 1.95. The summed E-state index contributed by atoms with van der Waals surface area (Å²) in [7, 11) is -2.51. The molecule has 0 heterocycles. The van der Waals surface area contributed by atoms with Crippen LogP contribution >= 0.6 is 23.2 Å². The van der Waals surface area contributed by atoms with E-state index in [1.54, 1.807) is 12.1 Å². The Hall–Kier alpha value is -2.20. The zero-order valence-corrected chi connectivity index (χ0v) is 16.1. The van der Waals surface area contributed by atoms with Gasteiger partial charge in [-0.3, -0.25) is 9.52 Å². The van der Waals surface area contributed by atoms with Gasteiger partial charge in [-0.2, -0.15) is 0 Å². The molecule has 26 heavy (non-hydrogen) atoms. The van der Waals surface area contributed by atoms with E-state index in [0.29, 0.717) is 15.6 Å². The van der Waals surface area contributed by atoms with Crippen LogP contribution in [0.3, 0.4) is 0 Å². The maximum Gasteiger partial charge on any atom is 0.306 e. The summed E-state index contributed by atoms with van der Waals surface area (Å²) in [5.41, 5.74) is 0.690. The third-order valence-electron chi connectivity index (χ3n) is 3.25. The summed E-state index contributed by atoms with van der Waals surface area (Å²) in [5, 5.41) is 0.851. The van der Waals surface area contributed by atoms with Crippen LogP contribution in [0, 0.1) is 11.8 Å². The van der Waals surface area contributed by atoms with Crippen molar-refractivity contribution >= 4 is 44.9 Å². The molecule has 0 saturated heterocycles. The zero-order chi connectivity index (χ0) is 19.2. The molecule has 5 nitrogen and oxygen atoms in total. The Bertz CT molecular complexity index is 961. The summed E-state index contributed by atoms with van der Waals surface area (Å²) in [6.45, 7) is 0. The number of esters is 1. The van der Waals surface area contributed by atoms with Gasteiger partial charge in [0.05, 0.1) is 29.7 Å². The molecule has 2 aromatic carbocycles. The minimum atomic E-state index is -3.81. The molecule has 0 spiro atoms. The number of rotatable bonds is 5. The molecule has 0 amide bonds. The number of hydrogen-bond acceptors (Lipinski definition) is 4. The number of nitrogens with one attached hydrogen (secondary N) is 1. The van der Waals surface area contributed by atoms with E-state index in [2.05, 4.69) is 21.3 Å². The van der Waals surface area contributed by atoms with Crippen LogP contribution in [-0.4, -0.2) is 21.5 Å². The van der Waals surface area contributed by atoms with Gasteiger partial charge in [0.25, 0.3) is 10.0 Å². The molecular formula is C18H15Cl2NO4S. The number of methoxy groups -OCH3 is 1. The molecule has 0 aromatic heterocycles. The van der Waals surface area contributed by atoms with E-state index in [-0.39, 0.29) is 29.4 Å². The Morgan fingerprint density at radius 2 is 1.77 bits per heavy atom. The molecule has 0 unspecified atom stereocenters. The number of halogens is 2. The molecule has 0 bridgehead atoms. The van der Waals surface area contributed by atoms with E-state index in [1.807, 2.05) is 0 Å². The number of anilines is 1. The first-order valence-corrected chi connectivity index (χ1v) is 9.69. The number of benzene rings is 2. The molecule has 0 atom stereocenters. The first-order chi connectivity index (χ1) is 12.3. The molecule has 1 N–H and O–H groups in total. The SMILES string of the molecule is COC(=O)CCC#Cc1cc(Cl)ccc1NS(=O)(=O)c1ccc(Cl)cc1. The van der Waals surface area contributed by atoms with Gasteiger partial charge in [-0.05, 0) is 42.5 Å². The van der Waals surface area contributed by atoms with Crippen LogP contribution < -0.4 is 4.72 Å². The second-order valence-electron chi connectivity index (χ2n) is 5.13. The van der Waals surface area contributed by atoms with Gasteiger partial charge in [0.15, 0.2) is 0 Å². The predicted molar refractivity (Wildman–Crippen MR) is 102 cm³/mol. The molecule has 0 saturated carbocycles. The molecule has 0 aliphatic carbocycles. The monoisotopic (exact) mass is 411 g/mol. The molecule has 8 heteroatoms. The van der Waals surface area contributed by atoms with E-state index in [0.717, 1.165) is 0 Å². The van der Waals surface area contributed by atoms with Crippen LogP contribution in [0.15, 0.2) is 47.4 Å². The van der Waals surface area contributed by atoms with E-state index < -0.39 is 10.0 Å². The molecule has 0 aliphatic heterocycles. The fourth-order valence-corrected chi connectivity index (χ4v) is 3.33. The maximum atomic E-state index is 12.5. The van der Waals surface area contributed by atoms with Crippen molar-refractivity contribution < 1.29 is 17.9 Å². The molecule has 2 rings (SSSR count). The van der Waals surface area contributed by atoms with Crippen LogP contribution in [0.25, 0.3) is 0 Å². The largest absolute Gasteiger partial charge is 0.469 e. The lowest BCUT2D eigenvalue weighted by molar-refractivity contribution is -0.140. The molecule has 0 fully saturated rings. The third-order valence-corrected chi connectivity index (χ3v) is 5.12. The smallest absolute Gasteiger partial charge is 0.306 e. The van der Waals surface area contributed by atoms with Crippen molar-refractivity contribution in [3.8, 4) is 11.8 Å². The summed E-state index contributed by atoms with van der Waals surface area (Å²) in [6, 6.07) is 10.4. The van der Waals surface area contributed by atoms with Gasteiger partial charge < -0.3 is 4.74 Å². The van der Waals surface area contributed by atoms with Crippen LogP contribution in [0.4, 0.5) is 5.69 Å². The molecule has 2 aromatic rings. The summed E-state index contributed by atoms with van der Waals surface area (Å²) >= 11 is 11.8. The number of hydrogen-bond donors (Lipinski definition) is 1. The van der Waals surface area contributed by atoms with E-state index in [9.17, 15) is 13.2 Å². The Morgan fingerprint density at radius 1 is 1.12 bits per heavy atom. The van der Waals surface area contributed by atoms with Crippen LogP contribution in [0.1, 0.15) is 18.4 Å². The minimum absolute atomic E-state index is 0.0708. The van der Waals surface area contributed by atoms with Gasteiger partial charge in [-0.15, -0.1) is 0 Å². The highest BCUT2D eigenvalue weighted by Gasteiger charge is 2.15. The highest BCUT2D eigenvalue weighted by molar-refractivity contribution is 7.92. The van der Waals surface area contributed by atoms with Crippen molar-refractivity contribution in [3.63, 3.8) is 0 Å². The average Bonchev–Trinajstić information content (AvgIpc) is 2.60. The Balaban J connectivity index is 2.25. The second kappa shape index (κ2) is 8.95. The lowest BCUT2D eigenvalue weighted by Crippen LogP contribution is -2.13. The van der Waals surface area contributed by atoms with Crippen molar-refractivity contribution in [2.45, 2.75) is 17.7 Å². The van der Waals surface area contributed by atoms with E-state index in [4.69, 9.17) is 23.2 Å². The Labute approximate surface area is 162 Å². The standard InChI is InChI=1S/C18H15Cl2NO4S/c1-25-18(22)5-3-2-4-13-12-15(20)8-11-17(13)21-26(23,24)16-9-6-14(19)7-10-16/h6-12,21H,3,5H2,1H3. The molecular weight excluding hydrogens is 397 g/mol. The van der Waals surface area contributed by atoms with Gasteiger partial charge in [0.1, 0.15) is 0 Å². The summed E-state index contributed by atoms with van der Waals surface area (Å²) in [4.78, 5) is 11.2. The first kappa shape index (κ1) is 20.1. The fraction of sp³-hybridized carbons (Fsp3) is 0.167. The van der Waals surface area contributed by atoms with Gasteiger partial charge in [0, 0.05) is 16.5 Å². The second-order valence-corrected chi connectivity index (χ2v) is 7.68. The number of ether oxygens (including phenoxy) is 1. The summed E-state index contributed by atoms with van der Waals surface area (Å²) < 4.78 is 32.0. The normalized spacial score (nSPS) is 10.6. The topological polar surface area (TPSA) is 72.5 Å². The Kier molecular flexibility index (Phi) is 6.92. The van der Waals surface area contributed by atoms with Crippen molar-refractivity contribution in [1.82, 2.24) is 0 Å². The number of carbonyl (C=O) groups is 1. The molecule has 0 aliphatic rings. The van der Waals surface area contributed by atoms with Crippen molar-refractivity contribution in [2.75, 3.05) is 11.8 Å². The van der Waals surface area contributed by atoms with Crippen molar-refractivity contribution in [2.24, 2.45) is 0 Å². The highest BCUT2D eigenvalue weighted by Crippen LogP contribution is 2.24. The van der Waals surface area contributed by atoms with Crippen LogP contribution in [-0.2, 0) is 19.6 Å². The van der Waals surface area contributed by atoms with E-state index in [1.165, 1.54) is 37.4 Å². The lowest BCUT2D eigenvalue weighted by Gasteiger charge is -2.10. The van der Waals surface area contributed by atoms with Crippen LogP contribution in [0.2, 0.25) is 10.0 Å². The zero-order valence-electron chi connectivity index (χ0n) is 13.8. The highest BCUT2D eigenvalue weighted by atomic mass is 35.5. The number of carbonyl (C=O) groups excluding carboxylic acids is 1. The van der Waals surface area contributed by atoms with Gasteiger partial charge in [-0.1, -0.05) is 35.0 Å². The molecule has 136 valence electrons. The van der Waals surface area contributed by atoms with Crippen molar-refractivity contribution in [3.05, 3.63) is 58.1 Å². The Morgan fingerprint density at radius 3 is 2.42 bits per heavy atom. The minimum Gasteiger partial charge on any atom is -0.469 e. The van der Waals surface area contributed by atoms with Crippen molar-refractivity contribution in [1.29, 1.82) is 0 Å². The number of sulfonamides is 1. The lowest BCUT2D eigenvalue weighted by atomic mass is 10.2. The summed E-state index contributed by atoms with van der Waals surface area (Å²) in [5.74, 6) is 5.27. The van der Waals surface area contributed by atoms with Crippen LogP contribution in [0.5, 0.6) is 0 Å². The quantitative estimate of drug-likeness (QED) is 0.593. The maximum absolute atomic E-state index is 12.5. The predicted octanol–water partition coefficient (Wildman–Crippen LogP) is 4.10. The first-order valence-electron chi connectivity index (χ1n) is 7.45. The summed E-state index contributed by atoms with van der Waals surface area (Å²) in [6.07, 6.45) is 0.429. The van der Waals surface area contributed by atoms with E-state index >= 15 is 0 Å². The third kappa shape index (κ3) is 5.67. The average molecular weight is 412 g/mol. The molecule has 0 radical (unpaired) electrons. The van der Waals surface area contributed by atoms with Gasteiger partial charge in [-0.25, -0.2) is 8.42 Å². The van der Waals surface area contributed by atoms with Gasteiger partial charge in [0.2, 0.25) is 0 Å².